The monoisotopic (exact) mass is 378 g/mol. The molecular formula is C23H26N2O3. The van der Waals surface area contributed by atoms with Crippen molar-refractivity contribution in [2.45, 2.75) is 24.5 Å². The van der Waals surface area contributed by atoms with Gasteiger partial charge in [-0.25, -0.2) is 0 Å². The fourth-order valence-corrected chi connectivity index (χ4v) is 4.49. The number of anilines is 2. The third-order valence-electron chi connectivity index (χ3n) is 6.06. The minimum Gasteiger partial charge on any atom is -0.433 e. The number of rotatable bonds is 5. The van der Waals surface area contributed by atoms with E-state index in [0.29, 0.717) is 6.42 Å². The van der Waals surface area contributed by atoms with Crippen LogP contribution in [-0.4, -0.2) is 44.0 Å². The summed E-state index contributed by atoms with van der Waals surface area (Å²) in [6.07, 6.45) is 4.49. The summed E-state index contributed by atoms with van der Waals surface area (Å²) in [6, 6.07) is 16.3. The number of carbonyl (C=O) groups excluding carboxylic acids is 1. The second kappa shape index (κ2) is 6.67. The lowest BCUT2D eigenvalue weighted by atomic mass is 9.73. The van der Waals surface area contributed by atoms with Gasteiger partial charge in [0, 0.05) is 32.1 Å². The molecule has 0 bridgehead atoms. The molecular weight excluding hydrogens is 352 g/mol. The molecule has 146 valence electrons. The number of hydrogen-bond acceptors (Lipinski definition) is 5. The van der Waals surface area contributed by atoms with Crippen molar-refractivity contribution in [3.05, 3.63) is 65.7 Å². The molecule has 5 heteroatoms. The van der Waals surface area contributed by atoms with Crippen LogP contribution >= 0.6 is 0 Å². The van der Waals surface area contributed by atoms with Crippen molar-refractivity contribution in [2.75, 3.05) is 37.0 Å². The van der Waals surface area contributed by atoms with E-state index in [2.05, 4.69) is 42.2 Å². The third-order valence-corrected chi connectivity index (χ3v) is 6.06. The van der Waals surface area contributed by atoms with Crippen molar-refractivity contribution in [2.24, 2.45) is 0 Å². The van der Waals surface area contributed by atoms with Crippen molar-refractivity contribution in [1.29, 1.82) is 0 Å². The molecule has 0 amide bonds. The molecule has 2 aliphatic rings. The van der Waals surface area contributed by atoms with E-state index in [9.17, 15) is 9.90 Å². The number of aliphatic hydroxyl groups excluding tert-OH is 1. The average molecular weight is 378 g/mol. The minimum absolute atomic E-state index is 0.0172. The molecule has 0 aromatic heterocycles. The summed E-state index contributed by atoms with van der Waals surface area (Å²) in [6.45, 7) is 2.30. The summed E-state index contributed by atoms with van der Waals surface area (Å²) >= 11 is 0. The van der Waals surface area contributed by atoms with Crippen molar-refractivity contribution in [3.63, 3.8) is 0 Å². The predicted molar refractivity (Wildman–Crippen MR) is 111 cm³/mol. The van der Waals surface area contributed by atoms with Gasteiger partial charge < -0.3 is 19.6 Å². The summed E-state index contributed by atoms with van der Waals surface area (Å²) < 4.78 is 5.99. The molecule has 2 atom stereocenters. The number of para-hydroxylation sites is 1. The van der Waals surface area contributed by atoms with E-state index >= 15 is 0 Å². The first-order valence-corrected chi connectivity index (χ1v) is 9.58. The van der Waals surface area contributed by atoms with Gasteiger partial charge in [-0.2, -0.15) is 0 Å². The Balaban J connectivity index is 1.79. The molecule has 28 heavy (non-hydrogen) atoms. The number of hydrogen-bond donors (Lipinski definition) is 1. The summed E-state index contributed by atoms with van der Waals surface area (Å²) in [5.41, 5.74) is 2.79. The molecule has 4 rings (SSSR count). The molecule has 5 nitrogen and oxygen atoms in total. The van der Waals surface area contributed by atoms with Gasteiger partial charge in [0.15, 0.2) is 0 Å². The Morgan fingerprint density at radius 3 is 2.57 bits per heavy atom. The number of aliphatic hydroxyl groups is 1. The zero-order valence-electron chi connectivity index (χ0n) is 16.6. The van der Waals surface area contributed by atoms with Gasteiger partial charge in [-0.15, -0.1) is 0 Å². The van der Waals surface area contributed by atoms with E-state index in [1.165, 1.54) is 0 Å². The van der Waals surface area contributed by atoms with Crippen LogP contribution in [0.4, 0.5) is 11.4 Å². The van der Waals surface area contributed by atoms with Gasteiger partial charge in [0.2, 0.25) is 5.72 Å². The van der Waals surface area contributed by atoms with Crippen molar-refractivity contribution < 1.29 is 14.6 Å². The quantitative estimate of drug-likeness (QED) is 0.810. The lowest BCUT2D eigenvalue weighted by Crippen LogP contribution is -2.53. The highest BCUT2D eigenvalue weighted by atomic mass is 16.6. The van der Waals surface area contributed by atoms with E-state index in [-0.39, 0.29) is 19.1 Å². The van der Waals surface area contributed by atoms with Gasteiger partial charge >= 0.3 is 5.97 Å². The van der Waals surface area contributed by atoms with Crippen LogP contribution in [0.25, 0.3) is 6.08 Å². The van der Waals surface area contributed by atoms with Crippen LogP contribution < -0.4 is 9.80 Å². The molecule has 2 aliphatic heterocycles. The Bertz CT molecular complexity index is 922. The van der Waals surface area contributed by atoms with Gasteiger partial charge in [-0.1, -0.05) is 36.4 Å². The Morgan fingerprint density at radius 2 is 1.89 bits per heavy atom. The second-order valence-electron chi connectivity index (χ2n) is 7.90. The molecule has 0 radical (unpaired) electrons. The van der Waals surface area contributed by atoms with Crippen LogP contribution in [0, 0.1) is 0 Å². The lowest BCUT2D eigenvalue weighted by molar-refractivity contribution is -0.148. The highest BCUT2D eigenvalue weighted by Crippen LogP contribution is 2.56. The molecule has 0 spiro atoms. The van der Waals surface area contributed by atoms with Crippen LogP contribution in [0.3, 0.4) is 0 Å². The number of esters is 1. The highest BCUT2D eigenvalue weighted by molar-refractivity contribution is 5.86. The SMILES string of the molecule is CN(C)c1ccc(/C=C/C23OC(=O)CN2c2ccccc2C3(C)CCO)cc1. The lowest BCUT2D eigenvalue weighted by Gasteiger charge is -2.40. The minimum atomic E-state index is -0.934. The fraction of sp³-hybridized carbons (Fsp3) is 0.348. The molecule has 1 N–H and O–H groups in total. The maximum Gasteiger partial charge on any atom is 0.328 e. The highest BCUT2D eigenvalue weighted by Gasteiger charge is 2.64. The Kier molecular flexibility index (Phi) is 4.42. The molecule has 2 aromatic rings. The molecule has 0 aliphatic carbocycles. The van der Waals surface area contributed by atoms with Crippen LogP contribution in [-0.2, 0) is 14.9 Å². The normalized spacial score (nSPS) is 25.7. The first-order valence-electron chi connectivity index (χ1n) is 9.58. The van der Waals surface area contributed by atoms with Gasteiger partial charge in [-0.3, -0.25) is 4.79 Å². The van der Waals surface area contributed by atoms with E-state index < -0.39 is 11.1 Å². The number of benzene rings is 2. The maximum atomic E-state index is 12.3. The third kappa shape index (κ3) is 2.61. The molecule has 1 fully saturated rings. The topological polar surface area (TPSA) is 53.0 Å². The summed E-state index contributed by atoms with van der Waals surface area (Å²) in [7, 11) is 4.02. The van der Waals surface area contributed by atoms with Gasteiger partial charge in [-0.05, 0) is 48.7 Å². The molecule has 2 unspecified atom stereocenters. The van der Waals surface area contributed by atoms with Crippen LogP contribution in [0.15, 0.2) is 54.6 Å². The zero-order valence-corrected chi connectivity index (χ0v) is 16.6. The summed E-state index contributed by atoms with van der Waals surface area (Å²) in [5, 5.41) is 9.80. The van der Waals surface area contributed by atoms with E-state index in [1.54, 1.807) is 0 Å². The van der Waals surface area contributed by atoms with E-state index in [4.69, 9.17) is 4.74 Å². The van der Waals surface area contributed by atoms with Crippen molar-refractivity contribution >= 4 is 23.4 Å². The number of fused-ring (bicyclic) bond motifs is 3. The zero-order chi connectivity index (χ0) is 19.9. The standard InChI is InChI=1S/C23H26N2O3/c1-22(14-15-26)19-6-4-5-7-20(19)25-16-21(27)28-23(22,25)13-12-17-8-10-18(11-9-17)24(2)3/h4-13,26H,14-16H2,1-3H3/b13-12+. The maximum absolute atomic E-state index is 12.3. The van der Waals surface area contributed by atoms with Gasteiger partial charge in [0.1, 0.15) is 6.54 Å². The van der Waals surface area contributed by atoms with E-state index in [1.807, 2.05) is 49.3 Å². The van der Waals surface area contributed by atoms with Crippen molar-refractivity contribution in [1.82, 2.24) is 0 Å². The largest absolute Gasteiger partial charge is 0.433 e. The molecule has 2 heterocycles. The van der Waals surface area contributed by atoms with Crippen LogP contribution in [0.5, 0.6) is 0 Å². The van der Waals surface area contributed by atoms with E-state index in [0.717, 1.165) is 22.5 Å². The Labute approximate surface area is 165 Å². The molecule has 1 saturated heterocycles. The predicted octanol–water partition coefficient (Wildman–Crippen LogP) is 3.18. The fourth-order valence-electron chi connectivity index (χ4n) is 4.49. The van der Waals surface area contributed by atoms with Crippen LogP contribution in [0.1, 0.15) is 24.5 Å². The second-order valence-corrected chi connectivity index (χ2v) is 7.90. The number of carbonyl (C=O) groups is 1. The van der Waals surface area contributed by atoms with Gasteiger partial charge in [0.05, 0.1) is 5.41 Å². The van der Waals surface area contributed by atoms with Crippen molar-refractivity contribution in [3.8, 4) is 0 Å². The Morgan fingerprint density at radius 1 is 1.18 bits per heavy atom. The van der Waals surface area contributed by atoms with Crippen LogP contribution in [0.2, 0.25) is 0 Å². The average Bonchev–Trinajstić information content (AvgIpc) is 3.12. The molecule has 0 saturated carbocycles. The summed E-state index contributed by atoms with van der Waals surface area (Å²) in [5.74, 6) is -0.244. The van der Waals surface area contributed by atoms with Gasteiger partial charge in [0.25, 0.3) is 0 Å². The first-order chi connectivity index (χ1) is 13.4. The number of nitrogens with zero attached hydrogens (tertiary/aromatic N) is 2. The first kappa shape index (κ1) is 18.6. The Hall–Kier alpha value is -2.79. The number of ether oxygens (including phenoxy) is 1. The molecule has 2 aromatic carbocycles. The summed E-state index contributed by atoms with van der Waals surface area (Å²) in [4.78, 5) is 16.4. The smallest absolute Gasteiger partial charge is 0.328 e.